The average Bonchev–Trinajstić information content (AvgIpc) is 2.35. The molecule has 0 unspecified atom stereocenters. The second-order valence-electron chi connectivity index (χ2n) is 5.17. The van der Waals surface area contributed by atoms with Gasteiger partial charge in [0.25, 0.3) is 0 Å². The van der Waals surface area contributed by atoms with Gasteiger partial charge in [0.05, 0.1) is 18.1 Å². The molecule has 1 aliphatic rings. The predicted molar refractivity (Wildman–Crippen MR) is 66.3 cm³/mol. The van der Waals surface area contributed by atoms with E-state index in [1.54, 1.807) is 0 Å². The zero-order valence-corrected chi connectivity index (χ0v) is 10.4. The number of nitrogens with two attached hydrogens (primary N) is 1. The lowest BCUT2D eigenvalue weighted by Crippen LogP contribution is -2.51. The van der Waals surface area contributed by atoms with Crippen LogP contribution in [-0.2, 0) is 22.7 Å². The first-order valence-electron chi connectivity index (χ1n) is 5.97. The maximum atomic E-state index is 11.4. The SMILES string of the molecule is CC1(C)C(=O)C[C@H]1OCc1ccc(CN)cc1. The average molecular weight is 233 g/mol. The highest BCUT2D eigenvalue weighted by molar-refractivity contribution is 5.91. The number of hydrogen-bond donors (Lipinski definition) is 1. The predicted octanol–water partition coefficient (Wildman–Crippen LogP) is 2.03. The lowest BCUT2D eigenvalue weighted by atomic mass is 9.68. The van der Waals surface area contributed by atoms with Crippen molar-refractivity contribution in [2.24, 2.45) is 11.1 Å². The van der Waals surface area contributed by atoms with Crippen LogP contribution in [0.3, 0.4) is 0 Å². The Hall–Kier alpha value is -1.19. The van der Waals surface area contributed by atoms with Crippen LogP contribution >= 0.6 is 0 Å². The van der Waals surface area contributed by atoms with E-state index in [9.17, 15) is 4.79 Å². The lowest BCUT2D eigenvalue weighted by Gasteiger charge is -2.41. The minimum atomic E-state index is -0.308. The highest BCUT2D eigenvalue weighted by Crippen LogP contribution is 2.39. The van der Waals surface area contributed by atoms with E-state index in [4.69, 9.17) is 10.5 Å². The minimum Gasteiger partial charge on any atom is -0.372 e. The summed E-state index contributed by atoms with van der Waals surface area (Å²) in [6.07, 6.45) is 0.609. The third kappa shape index (κ3) is 2.40. The Labute approximate surface area is 102 Å². The molecule has 1 fully saturated rings. The fourth-order valence-electron chi connectivity index (χ4n) is 1.97. The molecule has 1 saturated carbocycles. The number of ketones is 1. The van der Waals surface area contributed by atoms with Crippen LogP contribution in [0.25, 0.3) is 0 Å². The minimum absolute atomic E-state index is 0.0594. The fraction of sp³-hybridized carbons (Fsp3) is 0.500. The molecule has 0 amide bonds. The Morgan fingerprint density at radius 1 is 1.29 bits per heavy atom. The quantitative estimate of drug-likeness (QED) is 0.865. The molecule has 0 aliphatic heterocycles. The highest BCUT2D eigenvalue weighted by Gasteiger charge is 2.48. The van der Waals surface area contributed by atoms with Crippen molar-refractivity contribution < 1.29 is 9.53 Å². The molecule has 2 N–H and O–H groups in total. The van der Waals surface area contributed by atoms with E-state index in [1.165, 1.54) is 0 Å². The third-order valence-corrected chi connectivity index (χ3v) is 3.60. The van der Waals surface area contributed by atoms with Gasteiger partial charge in [0.1, 0.15) is 5.78 Å². The van der Waals surface area contributed by atoms with Gasteiger partial charge in [-0.2, -0.15) is 0 Å². The molecule has 0 heterocycles. The van der Waals surface area contributed by atoms with E-state index in [1.807, 2.05) is 38.1 Å². The van der Waals surface area contributed by atoms with Gasteiger partial charge in [-0.05, 0) is 11.1 Å². The molecule has 0 aromatic heterocycles. The Kier molecular flexibility index (Phi) is 3.31. The van der Waals surface area contributed by atoms with Gasteiger partial charge >= 0.3 is 0 Å². The van der Waals surface area contributed by atoms with Crippen LogP contribution in [0.1, 0.15) is 31.4 Å². The molecule has 92 valence electrons. The number of Topliss-reactive ketones (excluding diaryl/α,β-unsaturated/α-hetero) is 1. The largest absolute Gasteiger partial charge is 0.372 e. The van der Waals surface area contributed by atoms with Gasteiger partial charge in [0.15, 0.2) is 0 Å². The molecular weight excluding hydrogens is 214 g/mol. The fourth-order valence-corrected chi connectivity index (χ4v) is 1.97. The maximum Gasteiger partial charge on any atom is 0.143 e. The van der Waals surface area contributed by atoms with Crippen molar-refractivity contribution in [1.29, 1.82) is 0 Å². The van der Waals surface area contributed by atoms with Gasteiger partial charge in [0, 0.05) is 13.0 Å². The molecule has 0 radical (unpaired) electrons. The zero-order valence-electron chi connectivity index (χ0n) is 10.4. The van der Waals surface area contributed by atoms with Crippen LogP contribution in [-0.4, -0.2) is 11.9 Å². The summed E-state index contributed by atoms with van der Waals surface area (Å²) < 4.78 is 5.77. The molecule has 1 aromatic carbocycles. The van der Waals surface area contributed by atoms with Gasteiger partial charge in [-0.3, -0.25) is 4.79 Å². The summed E-state index contributed by atoms with van der Waals surface area (Å²) in [6.45, 7) is 5.01. The number of ether oxygens (including phenoxy) is 1. The van der Waals surface area contributed by atoms with Crippen LogP contribution in [0.5, 0.6) is 0 Å². The van der Waals surface area contributed by atoms with Crippen molar-refractivity contribution in [3.8, 4) is 0 Å². The van der Waals surface area contributed by atoms with Crippen molar-refractivity contribution in [3.63, 3.8) is 0 Å². The number of benzene rings is 1. The van der Waals surface area contributed by atoms with Crippen LogP contribution < -0.4 is 5.73 Å². The molecule has 3 nitrogen and oxygen atoms in total. The summed E-state index contributed by atoms with van der Waals surface area (Å²) in [5, 5.41) is 0. The normalized spacial score (nSPS) is 22.3. The van der Waals surface area contributed by atoms with Crippen molar-refractivity contribution in [3.05, 3.63) is 35.4 Å². The Morgan fingerprint density at radius 2 is 1.88 bits per heavy atom. The van der Waals surface area contributed by atoms with Gasteiger partial charge in [0.2, 0.25) is 0 Å². The van der Waals surface area contributed by atoms with Crippen molar-refractivity contribution >= 4 is 5.78 Å². The molecule has 1 aliphatic carbocycles. The number of hydrogen-bond acceptors (Lipinski definition) is 3. The van der Waals surface area contributed by atoms with Crippen molar-refractivity contribution in [1.82, 2.24) is 0 Å². The van der Waals surface area contributed by atoms with Crippen LogP contribution in [0.4, 0.5) is 0 Å². The molecule has 17 heavy (non-hydrogen) atoms. The first kappa shape index (κ1) is 12.3. The number of rotatable bonds is 4. The molecule has 1 aromatic rings. The van der Waals surface area contributed by atoms with Crippen LogP contribution in [0.15, 0.2) is 24.3 Å². The topological polar surface area (TPSA) is 52.3 Å². The van der Waals surface area contributed by atoms with E-state index in [-0.39, 0.29) is 11.5 Å². The van der Waals surface area contributed by atoms with Crippen molar-refractivity contribution in [2.45, 2.75) is 39.5 Å². The standard InChI is InChI=1S/C14H19NO2/c1-14(2)12(16)7-13(14)17-9-11-5-3-10(8-15)4-6-11/h3-6,13H,7-9,15H2,1-2H3/t13-/m1/s1. The first-order chi connectivity index (χ1) is 8.04. The Balaban J connectivity index is 1.88. The van der Waals surface area contributed by atoms with Crippen molar-refractivity contribution in [2.75, 3.05) is 0 Å². The highest BCUT2D eigenvalue weighted by atomic mass is 16.5. The molecule has 2 rings (SSSR count). The Bertz CT molecular complexity index is 409. The zero-order chi connectivity index (χ0) is 12.5. The van der Waals surface area contributed by atoms with E-state index in [0.29, 0.717) is 25.4 Å². The number of carbonyl (C=O) groups excluding carboxylic acids is 1. The summed E-state index contributed by atoms with van der Waals surface area (Å²) in [4.78, 5) is 11.4. The smallest absolute Gasteiger partial charge is 0.143 e. The Morgan fingerprint density at radius 3 is 2.35 bits per heavy atom. The van der Waals surface area contributed by atoms with Crippen LogP contribution in [0.2, 0.25) is 0 Å². The molecule has 3 heteroatoms. The molecular formula is C14H19NO2. The molecule has 0 spiro atoms. The van der Waals surface area contributed by atoms with E-state index in [2.05, 4.69) is 0 Å². The summed E-state index contributed by atoms with van der Waals surface area (Å²) in [7, 11) is 0. The lowest BCUT2D eigenvalue weighted by molar-refractivity contribution is -0.159. The molecule has 0 saturated heterocycles. The second-order valence-corrected chi connectivity index (χ2v) is 5.17. The van der Waals surface area contributed by atoms with Gasteiger partial charge < -0.3 is 10.5 Å². The van der Waals surface area contributed by atoms with Gasteiger partial charge in [-0.25, -0.2) is 0 Å². The third-order valence-electron chi connectivity index (χ3n) is 3.60. The summed E-state index contributed by atoms with van der Waals surface area (Å²) in [5.41, 5.74) is 7.47. The van der Waals surface area contributed by atoms with E-state index in [0.717, 1.165) is 11.1 Å². The van der Waals surface area contributed by atoms with Gasteiger partial charge in [-0.15, -0.1) is 0 Å². The summed E-state index contributed by atoms with van der Waals surface area (Å²) >= 11 is 0. The monoisotopic (exact) mass is 233 g/mol. The second kappa shape index (κ2) is 4.59. The van der Waals surface area contributed by atoms with E-state index < -0.39 is 0 Å². The number of carbonyl (C=O) groups is 1. The molecule has 0 bridgehead atoms. The van der Waals surface area contributed by atoms with Crippen LogP contribution in [0, 0.1) is 5.41 Å². The summed E-state index contributed by atoms with van der Waals surface area (Å²) in [6, 6.07) is 8.07. The first-order valence-corrected chi connectivity index (χ1v) is 5.97. The van der Waals surface area contributed by atoms with E-state index >= 15 is 0 Å². The molecule has 1 atom stereocenters. The van der Waals surface area contributed by atoms with Gasteiger partial charge in [-0.1, -0.05) is 38.1 Å². The summed E-state index contributed by atoms with van der Waals surface area (Å²) in [5.74, 6) is 0.293. The maximum absolute atomic E-state index is 11.4.